The molecule has 1 saturated heterocycles. The summed E-state index contributed by atoms with van der Waals surface area (Å²) in [7, 11) is 0. The molecule has 190 valence electrons. The van der Waals surface area contributed by atoms with E-state index >= 15 is 0 Å². The van der Waals surface area contributed by atoms with Gasteiger partial charge in [0.25, 0.3) is 5.91 Å². The molecule has 0 spiro atoms. The highest BCUT2D eigenvalue weighted by Crippen LogP contribution is 2.37. The average Bonchev–Trinajstić information content (AvgIpc) is 2.88. The second kappa shape index (κ2) is 12.8. The predicted octanol–water partition coefficient (Wildman–Crippen LogP) is 6.13. The van der Waals surface area contributed by atoms with Gasteiger partial charge in [0, 0.05) is 67.1 Å². The molecule has 1 amide bonds. The molecular formula is C27H28BrCl2N3O3. The van der Waals surface area contributed by atoms with Gasteiger partial charge in [-0.1, -0.05) is 29.3 Å². The van der Waals surface area contributed by atoms with Crippen LogP contribution >= 0.6 is 39.1 Å². The third-order valence-electron chi connectivity index (χ3n) is 6.01. The number of halogens is 3. The molecule has 3 aromatic rings. The highest BCUT2D eigenvalue weighted by Gasteiger charge is 2.24. The first-order valence-corrected chi connectivity index (χ1v) is 13.4. The maximum absolute atomic E-state index is 13.4. The van der Waals surface area contributed by atoms with Crippen molar-refractivity contribution in [1.82, 2.24) is 14.8 Å². The lowest BCUT2D eigenvalue weighted by atomic mass is 10.1. The Morgan fingerprint density at radius 3 is 2.36 bits per heavy atom. The van der Waals surface area contributed by atoms with Gasteiger partial charge < -0.3 is 14.4 Å². The molecule has 6 nitrogen and oxygen atoms in total. The normalized spacial score (nSPS) is 14.1. The summed E-state index contributed by atoms with van der Waals surface area (Å²) in [6, 6.07) is 13.0. The quantitative estimate of drug-likeness (QED) is 0.299. The molecule has 9 heteroatoms. The Balaban J connectivity index is 1.42. The molecule has 0 N–H and O–H groups in total. The fourth-order valence-electron chi connectivity index (χ4n) is 4.09. The van der Waals surface area contributed by atoms with Gasteiger partial charge in [-0.05, 0) is 70.4 Å². The zero-order chi connectivity index (χ0) is 25.5. The molecule has 4 rings (SSSR count). The average molecular weight is 593 g/mol. The van der Waals surface area contributed by atoms with Crippen LogP contribution in [-0.2, 0) is 13.0 Å². The van der Waals surface area contributed by atoms with Crippen molar-refractivity contribution >= 4 is 45.0 Å². The van der Waals surface area contributed by atoms with E-state index in [0.717, 1.165) is 25.2 Å². The van der Waals surface area contributed by atoms with Crippen LogP contribution in [-0.4, -0.2) is 60.1 Å². The summed E-state index contributed by atoms with van der Waals surface area (Å²) in [6.07, 6.45) is 4.22. The molecule has 0 saturated carbocycles. The fraction of sp³-hybridized carbons (Fsp3) is 0.333. The number of carbonyl (C=O) groups excluding carboxylic acids is 1. The van der Waals surface area contributed by atoms with Crippen LogP contribution < -0.4 is 9.47 Å². The van der Waals surface area contributed by atoms with E-state index in [2.05, 4.69) is 25.8 Å². The van der Waals surface area contributed by atoms with Gasteiger partial charge >= 0.3 is 0 Å². The number of amides is 1. The van der Waals surface area contributed by atoms with E-state index in [1.54, 1.807) is 18.2 Å². The van der Waals surface area contributed by atoms with Crippen molar-refractivity contribution in [2.45, 2.75) is 19.9 Å². The van der Waals surface area contributed by atoms with Crippen molar-refractivity contribution in [3.05, 3.63) is 86.1 Å². The molecular weight excluding hydrogens is 565 g/mol. The first-order chi connectivity index (χ1) is 17.4. The number of ether oxygens (including phenoxy) is 2. The van der Waals surface area contributed by atoms with Crippen molar-refractivity contribution in [2.75, 3.05) is 39.4 Å². The number of pyridine rings is 1. The van der Waals surface area contributed by atoms with Crippen LogP contribution in [0.3, 0.4) is 0 Å². The Morgan fingerprint density at radius 2 is 1.69 bits per heavy atom. The van der Waals surface area contributed by atoms with Gasteiger partial charge in [-0.15, -0.1) is 0 Å². The minimum atomic E-state index is -0.0300. The summed E-state index contributed by atoms with van der Waals surface area (Å²) < 4.78 is 12.5. The van der Waals surface area contributed by atoms with Crippen molar-refractivity contribution in [3.8, 4) is 11.5 Å². The van der Waals surface area contributed by atoms with Gasteiger partial charge in [0.1, 0.15) is 16.0 Å². The Kier molecular flexibility index (Phi) is 9.48. The summed E-state index contributed by atoms with van der Waals surface area (Å²) in [4.78, 5) is 21.7. The molecule has 1 aliphatic rings. The highest BCUT2D eigenvalue weighted by atomic mass is 79.9. The summed E-state index contributed by atoms with van der Waals surface area (Å²) in [5, 5.41) is 1.20. The summed E-state index contributed by atoms with van der Waals surface area (Å²) >= 11 is 15.9. The van der Waals surface area contributed by atoms with E-state index in [1.807, 2.05) is 48.5 Å². The van der Waals surface area contributed by atoms with E-state index in [1.165, 1.54) is 5.56 Å². The van der Waals surface area contributed by atoms with Crippen molar-refractivity contribution < 1.29 is 14.3 Å². The molecule has 36 heavy (non-hydrogen) atoms. The van der Waals surface area contributed by atoms with Crippen molar-refractivity contribution in [3.63, 3.8) is 0 Å². The number of piperazine rings is 1. The molecule has 0 bridgehead atoms. The number of rotatable bonds is 9. The lowest BCUT2D eigenvalue weighted by Crippen LogP contribution is -2.48. The smallest absolute Gasteiger partial charge is 0.254 e. The van der Waals surface area contributed by atoms with Crippen LogP contribution in [0.2, 0.25) is 10.0 Å². The maximum atomic E-state index is 13.4. The minimum absolute atomic E-state index is 0.0300. The molecule has 1 aliphatic heterocycles. The van der Waals surface area contributed by atoms with Crippen LogP contribution in [0.4, 0.5) is 0 Å². The second-order valence-electron chi connectivity index (χ2n) is 8.48. The standard InChI is InChI=1S/C27H28BrCl2N3O3/c1-2-35-24-15-21(16-25(26(24)28)36-14-7-20-3-4-22(29)17-23(20)30)27(34)33-12-10-32(11-13-33)18-19-5-8-31-9-6-19/h3-6,8-9,15-17H,2,7,10-14,18H2,1H3. The second-order valence-corrected chi connectivity index (χ2v) is 10.1. The third-order valence-corrected chi connectivity index (χ3v) is 7.38. The van der Waals surface area contributed by atoms with Gasteiger partial charge in [-0.25, -0.2) is 0 Å². The van der Waals surface area contributed by atoms with Crippen molar-refractivity contribution in [2.24, 2.45) is 0 Å². The van der Waals surface area contributed by atoms with Gasteiger partial charge in [0.2, 0.25) is 0 Å². The number of carbonyl (C=O) groups is 1. The van der Waals surface area contributed by atoms with E-state index in [9.17, 15) is 4.79 Å². The monoisotopic (exact) mass is 591 g/mol. The first-order valence-electron chi connectivity index (χ1n) is 11.9. The predicted molar refractivity (Wildman–Crippen MR) is 146 cm³/mol. The third kappa shape index (κ3) is 6.91. The van der Waals surface area contributed by atoms with Crippen LogP contribution in [0.1, 0.15) is 28.4 Å². The molecule has 1 aromatic heterocycles. The Morgan fingerprint density at radius 1 is 1.00 bits per heavy atom. The van der Waals surface area contributed by atoms with Gasteiger partial charge in [0.05, 0.1) is 13.2 Å². The lowest BCUT2D eigenvalue weighted by molar-refractivity contribution is 0.0627. The van der Waals surface area contributed by atoms with Gasteiger partial charge in [0.15, 0.2) is 0 Å². The van der Waals surface area contributed by atoms with Crippen LogP contribution in [0.25, 0.3) is 0 Å². The lowest BCUT2D eigenvalue weighted by Gasteiger charge is -2.35. The van der Waals surface area contributed by atoms with E-state index in [4.69, 9.17) is 32.7 Å². The van der Waals surface area contributed by atoms with Crippen LogP contribution in [0.15, 0.2) is 59.3 Å². The molecule has 2 heterocycles. The van der Waals surface area contributed by atoms with Gasteiger partial charge in [-0.3, -0.25) is 14.7 Å². The van der Waals surface area contributed by atoms with Crippen LogP contribution in [0, 0.1) is 0 Å². The maximum Gasteiger partial charge on any atom is 0.254 e. The number of hydrogen-bond acceptors (Lipinski definition) is 5. The number of hydrogen-bond donors (Lipinski definition) is 0. The van der Waals surface area contributed by atoms with E-state index < -0.39 is 0 Å². The molecule has 0 aliphatic carbocycles. The summed E-state index contributed by atoms with van der Waals surface area (Å²) in [5.41, 5.74) is 2.71. The van der Waals surface area contributed by atoms with Crippen molar-refractivity contribution in [1.29, 1.82) is 0 Å². The largest absolute Gasteiger partial charge is 0.493 e. The van der Waals surface area contributed by atoms with Gasteiger partial charge in [-0.2, -0.15) is 0 Å². The molecule has 0 unspecified atom stereocenters. The Hall–Kier alpha value is -2.32. The molecule has 1 fully saturated rings. The number of nitrogens with zero attached hydrogens (tertiary/aromatic N) is 3. The Bertz CT molecular complexity index is 1190. The minimum Gasteiger partial charge on any atom is -0.493 e. The van der Waals surface area contributed by atoms with E-state index in [-0.39, 0.29) is 5.91 Å². The van der Waals surface area contributed by atoms with Crippen LogP contribution in [0.5, 0.6) is 11.5 Å². The fourth-order valence-corrected chi connectivity index (χ4v) is 5.06. The Labute approximate surface area is 230 Å². The highest BCUT2D eigenvalue weighted by molar-refractivity contribution is 9.10. The SMILES string of the molecule is CCOc1cc(C(=O)N2CCN(Cc3ccncc3)CC2)cc(OCCc2ccc(Cl)cc2Cl)c1Br. The topological polar surface area (TPSA) is 54.9 Å². The molecule has 2 aromatic carbocycles. The zero-order valence-corrected chi connectivity index (χ0v) is 23.2. The zero-order valence-electron chi connectivity index (χ0n) is 20.1. The first kappa shape index (κ1) is 26.7. The van der Waals surface area contributed by atoms with E-state index in [0.29, 0.717) is 64.3 Å². The molecule has 0 radical (unpaired) electrons. The number of benzene rings is 2. The summed E-state index contributed by atoms with van der Waals surface area (Å²) in [5.74, 6) is 1.11. The molecule has 0 atom stereocenters. The summed E-state index contributed by atoms with van der Waals surface area (Å²) in [6.45, 7) is 6.58. The number of aromatic nitrogens is 1.